The van der Waals surface area contributed by atoms with Gasteiger partial charge in [0.25, 0.3) is 0 Å². The predicted molar refractivity (Wildman–Crippen MR) is 96.7 cm³/mol. The van der Waals surface area contributed by atoms with E-state index in [1.54, 1.807) is 38.1 Å². The molecule has 0 atom stereocenters. The number of hydrogen-bond donors (Lipinski definition) is 2. The molecule has 1 amide bonds. The summed E-state index contributed by atoms with van der Waals surface area (Å²) < 4.78 is 5.16. The van der Waals surface area contributed by atoms with Gasteiger partial charge in [-0.1, -0.05) is 30.6 Å². The molecule has 2 N–H and O–H groups in total. The lowest BCUT2D eigenvalue weighted by Crippen LogP contribution is -2.42. The van der Waals surface area contributed by atoms with Crippen LogP contribution >= 0.6 is 11.6 Å². The van der Waals surface area contributed by atoms with Gasteiger partial charge < -0.3 is 14.9 Å². The molecule has 140 valence electrons. The number of nitrogens with one attached hydrogen (secondary N) is 1. The molecule has 1 aromatic carbocycles. The van der Waals surface area contributed by atoms with Crippen LogP contribution in [0.4, 0.5) is 0 Å². The number of hydrogen-bond acceptors (Lipinski definition) is 5. The first-order valence-electron chi connectivity index (χ1n) is 8.49. The Morgan fingerprint density at radius 2 is 1.88 bits per heavy atom. The number of halogens is 1. The number of carbonyl (C=O) groups is 2. The van der Waals surface area contributed by atoms with E-state index in [-0.39, 0.29) is 25.3 Å². The van der Waals surface area contributed by atoms with Crippen LogP contribution in [-0.4, -0.2) is 33.7 Å². The predicted octanol–water partition coefficient (Wildman–Crippen LogP) is 3.33. The van der Waals surface area contributed by atoms with E-state index >= 15 is 0 Å². The molecule has 0 saturated carbocycles. The van der Waals surface area contributed by atoms with Gasteiger partial charge in [-0.15, -0.1) is 0 Å². The average Bonchev–Trinajstić information content (AvgIpc) is 3.10. The van der Waals surface area contributed by atoms with Crippen molar-refractivity contribution in [3.63, 3.8) is 0 Å². The first-order valence-corrected chi connectivity index (χ1v) is 8.86. The number of rotatable bonds is 9. The van der Waals surface area contributed by atoms with Crippen molar-refractivity contribution in [2.24, 2.45) is 5.41 Å². The summed E-state index contributed by atoms with van der Waals surface area (Å²) >= 11 is 5.85. The monoisotopic (exact) mass is 379 g/mol. The molecular weight excluding hydrogens is 358 g/mol. The summed E-state index contributed by atoms with van der Waals surface area (Å²) in [6.45, 7) is 3.72. The van der Waals surface area contributed by atoms with Gasteiger partial charge in [-0.25, -0.2) is 0 Å². The molecule has 0 aliphatic carbocycles. The maximum Gasteiger partial charge on any atom is 0.311 e. The van der Waals surface area contributed by atoms with Crippen molar-refractivity contribution >= 4 is 23.5 Å². The number of aryl methyl sites for hydroxylation is 1. The molecule has 26 heavy (non-hydrogen) atoms. The zero-order valence-corrected chi connectivity index (χ0v) is 15.5. The minimum absolute atomic E-state index is 0.105. The minimum atomic E-state index is -0.929. The Hall–Kier alpha value is -2.41. The summed E-state index contributed by atoms with van der Waals surface area (Å²) in [4.78, 5) is 27.7. The lowest BCUT2D eigenvalue weighted by Gasteiger charge is -2.26. The maximum absolute atomic E-state index is 12.0. The average molecular weight is 380 g/mol. The van der Waals surface area contributed by atoms with Gasteiger partial charge in [0.15, 0.2) is 0 Å². The van der Waals surface area contributed by atoms with Gasteiger partial charge in [0.2, 0.25) is 17.6 Å². The molecule has 0 saturated heterocycles. The highest BCUT2D eigenvalue weighted by Crippen LogP contribution is 2.25. The fourth-order valence-electron chi connectivity index (χ4n) is 2.53. The van der Waals surface area contributed by atoms with Crippen LogP contribution in [0.5, 0.6) is 0 Å². The zero-order chi connectivity index (χ0) is 19.2. The van der Waals surface area contributed by atoms with Gasteiger partial charge >= 0.3 is 5.97 Å². The lowest BCUT2D eigenvalue weighted by atomic mass is 9.82. The van der Waals surface area contributed by atoms with E-state index in [0.29, 0.717) is 29.6 Å². The topological polar surface area (TPSA) is 105 Å². The molecule has 1 heterocycles. The standard InChI is InChI=1S/C18H22ClN3O4/c1-3-18(4-2,17(24)25)11-20-14(23)9-10-15-21-16(22-26-15)12-5-7-13(19)8-6-12/h5-8H,3-4,9-11H2,1-2H3,(H,20,23)(H,24,25). The van der Waals surface area contributed by atoms with Crippen molar-refractivity contribution < 1.29 is 19.2 Å². The number of nitrogens with zero attached hydrogens (tertiary/aromatic N) is 2. The van der Waals surface area contributed by atoms with Crippen molar-refractivity contribution in [3.8, 4) is 11.4 Å². The Morgan fingerprint density at radius 3 is 2.46 bits per heavy atom. The van der Waals surface area contributed by atoms with Gasteiger partial charge in [-0.2, -0.15) is 4.98 Å². The second kappa shape index (κ2) is 8.80. The third-order valence-electron chi connectivity index (χ3n) is 4.57. The van der Waals surface area contributed by atoms with Gasteiger partial charge in [0.1, 0.15) is 0 Å². The van der Waals surface area contributed by atoms with Crippen molar-refractivity contribution in [1.82, 2.24) is 15.5 Å². The quantitative estimate of drug-likeness (QED) is 0.692. The largest absolute Gasteiger partial charge is 0.481 e. The van der Waals surface area contributed by atoms with E-state index in [1.807, 2.05) is 0 Å². The van der Waals surface area contributed by atoms with Crippen LogP contribution in [0.3, 0.4) is 0 Å². The number of carboxylic acids is 1. The maximum atomic E-state index is 12.0. The van der Waals surface area contributed by atoms with Gasteiger partial charge in [-0.3, -0.25) is 9.59 Å². The molecule has 2 rings (SSSR count). The van der Waals surface area contributed by atoms with Crippen LogP contribution in [0.2, 0.25) is 5.02 Å². The normalized spacial score (nSPS) is 11.3. The van der Waals surface area contributed by atoms with Gasteiger partial charge in [0, 0.05) is 30.0 Å². The first kappa shape index (κ1) is 19.9. The van der Waals surface area contributed by atoms with E-state index in [9.17, 15) is 14.7 Å². The Kier molecular flexibility index (Phi) is 6.74. The van der Waals surface area contributed by atoms with E-state index in [4.69, 9.17) is 16.1 Å². The first-order chi connectivity index (χ1) is 12.4. The van der Waals surface area contributed by atoms with Crippen LogP contribution < -0.4 is 5.32 Å². The second-order valence-electron chi connectivity index (χ2n) is 6.09. The van der Waals surface area contributed by atoms with Crippen molar-refractivity contribution in [1.29, 1.82) is 0 Å². The minimum Gasteiger partial charge on any atom is -0.481 e. The summed E-state index contributed by atoms with van der Waals surface area (Å²) in [6, 6.07) is 7.03. The Labute approximate surface area is 156 Å². The van der Waals surface area contributed by atoms with Gasteiger partial charge in [0.05, 0.1) is 5.41 Å². The number of amides is 1. The molecule has 0 fully saturated rings. The van der Waals surface area contributed by atoms with Crippen LogP contribution in [0.25, 0.3) is 11.4 Å². The molecule has 0 bridgehead atoms. The van der Waals surface area contributed by atoms with Crippen LogP contribution in [0.1, 0.15) is 39.0 Å². The molecular formula is C18H22ClN3O4. The SMILES string of the molecule is CCC(CC)(CNC(=O)CCc1nc(-c2ccc(Cl)cc2)no1)C(=O)O. The lowest BCUT2D eigenvalue weighted by molar-refractivity contribution is -0.149. The summed E-state index contributed by atoms with van der Waals surface area (Å²) in [5, 5.41) is 16.6. The number of carbonyl (C=O) groups excluding carboxylic acids is 1. The highest BCUT2D eigenvalue weighted by molar-refractivity contribution is 6.30. The number of aliphatic carboxylic acids is 1. The summed E-state index contributed by atoms with van der Waals surface area (Å²) in [7, 11) is 0. The Balaban J connectivity index is 1.88. The molecule has 0 radical (unpaired) electrons. The number of aromatic nitrogens is 2. The molecule has 0 spiro atoms. The fourth-order valence-corrected chi connectivity index (χ4v) is 2.65. The molecule has 0 unspecified atom stereocenters. The third-order valence-corrected chi connectivity index (χ3v) is 4.82. The number of carboxylic acid groups (broad SMARTS) is 1. The highest BCUT2D eigenvalue weighted by Gasteiger charge is 2.35. The van der Waals surface area contributed by atoms with E-state index in [0.717, 1.165) is 5.56 Å². The Morgan fingerprint density at radius 1 is 1.23 bits per heavy atom. The molecule has 2 aromatic rings. The van der Waals surface area contributed by atoms with E-state index < -0.39 is 11.4 Å². The summed E-state index contributed by atoms with van der Waals surface area (Å²) in [6.07, 6.45) is 1.33. The third kappa shape index (κ3) is 4.82. The molecule has 0 aliphatic rings. The van der Waals surface area contributed by atoms with Gasteiger partial charge in [-0.05, 0) is 37.1 Å². The summed E-state index contributed by atoms with van der Waals surface area (Å²) in [5.74, 6) is -0.365. The van der Waals surface area contributed by atoms with Crippen LogP contribution in [-0.2, 0) is 16.0 Å². The van der Waals surface area contributed by atoms with Crippen molar-refractivity contribution in [2.45, 2.75) is 39.5 Å². The van der Waals surface area contributed by atoms with E-state index in [1.165, 1.54) is 0 Å². The smallest absolute Gasteiger partial charge is 0.311 e. The van der Waals surface area contributed by atoms with Crippen LogP contribution in [0, 0.1) is 5.41 Å². The highest BCUT2D eigenvalue weighted by atomic mass is 35.5. The van der Waals surface area contributed by atoms with Crippen molar-refractivity contribution in [3.05, 3.63) is 35.2 Å². The van der Waals surface area contributed by atoms with Crippen molar-refractivity contribution in [2.75, 3.05) is 6.54 Å². The van der Waals surface area contributed by atoms with Crippen LogP contribution in [0.15, 0.2) is 28.8 Å². The second-order valence-corrected chi connectivity index (χ2v) is 6.52. The molecule has 0 aliphatic heterocycles. The molecule has 7 nitrogen and oxygen atoms in total. The zero-order valence-electron chi connectivity index (χ0n) is 14.8. The molecule has 1 aromatic heterocycles. The molecule has 8 heteroatoms. The fraction of sp³-hybridized carbons (Fsp3) is 0.444. The van der Waals surface area contributed by atoms with E-state index in [2.05, 4.69) is 15.5 Å². The summed E-state index contributed by atoms with van der Waals surface area (Å²) in [5.41, 5.74) is -0.159. The Bertz CT molecular complexity index is 754. The number of benzene rings is 1.